The number of amides is 1. The molecule has 1 atom stereocenters. The summed E-state index contributed by atoms with van der Waals surface area (Å²) >= 11 is 0. The second kappa shape index (κ2) is 15.5. The van der Waals surface area contributed by atoms with Crippen LogP contribution in [-0.2, 0) is 14.3 Å². The first-order valence-corrected chi connectivity index (χ1v) is 15.0. The van der Waals surface area contributed by atoms with Crippen LogP contribution in [0.3, 0.4) is 0 Å². The molecule has 0 radical (unpaired) electrons. The molecule has 0 spiro atoms. The van der Waals surface area contributed by atoms with Crippen LogP contribution in [0.2, 0.25) is 0 Å². The van der Waals surface area contributed by atoms with Crippen molar-refractivity contribution >= 4 is 36.2 Å². The summed E-state index contributed by atoms with van der Waals surface area (Å²) in [4.78, 5) is 41.1. The molecule has 2 aliphatic heterocycles. The van der Waals surface area contributed by atoms with Gasteiger partial charge in [0.05, 0.1) is 34.9 Å². The van der Waals surface area contributed by atoms with Gasteiger partial charge >= 0.3 is 5.97 Å². The van der Waals surface area contributed by atoms with Gasteiger partial charge in [0.15, 0.2) is 0 Å². The molecule has 3 aromatic carbocycles. The van der Waals surface area contributed by atoms with Crippen molar-refractivity contribution in [3.63, 3.8) is 0 Å². The second-order valence-electron chi connectivity index (χ2n) is 11.2. The van der Waals surface area contributed by atoms with Gasteiger partial charge in [-0.25, -0.2) is 4.79 Å². The number of dihydropyridines is 1. The summed E-state index contributed by atoms with van der Waals surface area (Å²) in [6.07, 6.45) is 3.76. The molecule has 9 nitrogen and oxygen atoms in total. The number of nitrogens with zero attached hydrogens (tertiary/aromatic N) is 3. The van der Waals surface area contributed by atoms with E-state index in [1.54, 1.807) is 24.0 Å². The number of non-ortho nitro benzene ring substituents is 1. The number of allylic oxidation sites excluding steroid dienone is 2. The second-order valence-corrected chi connectivity index (χ2v) is 11.2. The molecule has 10 heteroatoms. The number of ether oxygens (including phenoxy) is 1. The van der Waals surface area contributed by atoms with Gasteiger partial charge in [-0.15, -0.1) is 12.4 Å². The number of hydrogen-bond acceptors (Lipinski definition) is 7. The third kappa shape index (κ3) is 7.61. The molecule has 2 heterocycles. The van der Waals surface area contributed by atoms with Gasteiger partial charge in [-0.05, 0) is 68.4 Å². The zero-order chi connectivity index (χ0) is 31.1. The summed E-state index contributed by atoms with van der Waals surface area (Å²) in [5, 5.41) is 14.8. The van der Waals surface area contributed by atoms with Crippen LogP contribution in [0.5, 0.6) is 0 Å². The lowest BCUT2D eigenvalue weighted by Crippen LogP contribution is -2.38. The molecule has 236 valence electrons. The van der Waals surface area contributed by atoms with Crippen molar-refractivity contribution in [3.8, 4) is 0 Å². The highest BCUT2D eigenvalue weighted by atomic mass is 35.5. The Morgan fingerprint density at radius 2 is 1.62 bits per heavy atom. The van der Waals surface area contributed by atoms with Crippen LogP contribution in [-0.4, -0.2) is 60.4 Å². The van der Waals surface area contributed by atoms with Crippen LogP contribution in [0, 0.1) is 10.1 Å². The number of esters is 1. The summed E-state index contributed by atoms with van der Waals surface area (Å²) in [5.74, 6) is -0.651. The van der Waals surface area contributed by atoms with E-state index in [0.29, 0.717) is 40.7 Å². The molecule has 0 bridgehead atoms. The summed E-state index contributed by atoms with van der Waals surface area (Å²) in [6, 6.07) is 26.5. The Bertz CT molecular complexity index is 1540. The number of rotatable bonds is 11. The van der Waals surface area contributed by atoms with Gasteiger partial charge in [0.25, 0.3) is 5.69 Å². The summed E-state index contributed by atoms with van der Waals surface area (Å²) in [7, 11) is 1.32. The number of halogens is 1. The van der Waals surface area contributed by atoms with Gasteiger partial charge in [-0.2, -0.15) is 0 Å². The molecule has 1 N–H and O–H groups in total. The van der Waals surface area contributed by atoms with Crippen molar-refractivity contribution in [2.24, 2.45) is 0 Å². The van der Waals surface area contributed by atoms with E-state index in [9.17, 15) is 19.7 Å². The maximum Gasteiger partial charge on any atom is 0.336 e. The number of likely N-dealkylation sites (tertiary alicyclic amines) is 1. The average Bonchev–Trinajstić information content (AvgIpc) is 3.07. The predicted octanol–water partition coefficient (Wildman–Crippen LogP) is 6.25. The minimum absolute atomic E-state index is 0. The van der Waals surface area contributed by atoms with E-state index < -0.39 is 16.8 Å². The summed E-state index contributed by atoms with van der Waals surface area (Å²) < 4.78 is 5.20. The molecule has 45 heavy (non-hydrogen) atoms. The normalized spacial score (nSPS) is 17.2. The number of benzene rings is 3. The van der Waals surface area contributed by atoms with Gasteiger partial charge in [0.1, 0.15) is 0 Å². The lowest BCUT2D eigenvalue weighted by atomic mass is 9.82. The van der Waals surface area contributed by atoms with Crippen LogP contribution in [0.1, 0.15) is 54.7 Å². The Labute approximate surface area is 270 Å². The van der Waals surface area contributed by atoms with Crippen molar-refractivity contribution in [2.45, 2.75) is 38.0 Å². The average molecular weight is 631 g/mol. The Morgan fingerprint density at radius 3 is 2.20 bits per heavy atom. The molecule has 1 unspecified atom stereocenters. The SMILES string of the molecule is COC(=O)C1=C(C)NC(c2ccccc2)=C(N(C=O)CCCN2CCC(c3ccccc3)CC2)C1c1ccc([N+](=O)[O-])cc1.Cl. The topological polar surface area (TPSA) is 105 Å². The molecular formula is C35H39ClN4O5. The summed E-state index contributed by atoms with van der Waals surface area (Å²) in [6.45, 7) is 5.08. The van der Waals surface area contributed by atoms with Gasteiger partial charge < -0.3 is 19.9 Å². The Hall–Kier alpha value is -4.47. The number of carbonyl (C=O) groups excluding carboxylic acids is 2. The van der Waals surface area contributed by atoms with E-state index in [-0.39, 0.29) is 18.1 Å². The molecule has 3 aromatic rings. The smallest absolute Gasteiger partial charge is 0.336 e. The Morgan fingerprint density at radius 1 is 1.00 bits per heavy atom. The number of nitrogens with one attached hydrogen (secondary N) is 1. The third-order valence-corrected chi connectivity index (χ3v) is 8.61. The van der Waals surface area contributed by atoms with E-state index in [0.717, 1.165) is 50.9 Å². The van der Waals surface area contributed by atoms with E-state index >= 15 is 0 Å². The van der Waals surface area contributed by atoms with Crippen LogP contribution in [0.4, 0.5) is 5.69 Å². The molecule has 1 fully saturated rings. The summed E-state index contributed by atoms with van der Waals surface area (Å²) in [5.41, 5.74) is 5.10. The highest BCUT2D eigenvalue weighted by Crippen LogP contribution is 2.43. The maximum absolute atomic E-state index is 13.2. The molecule has 0 saturated carbocycles. The highest BCUT2D eigenvalue weighted by Gasteiger charge is 2.38. The predicted molar refractivity (Wildman–Crippen MR) is 177 cm³/mol. The Kier molecular flexibility index (Phi) is 11.5. The highest BCUT2D eigenvalue weighted by molar-refractivity contribution is 5.95. The third-order valence-electron chi connectivity index (χ3n) is 8.61. The quantitative estimate of drug-likeness (QED) is 0.116. The van der Waals surface area contributed by atoms with E-state index in [1.807, 2.05) is 30.3 Å². The first-order chi connectivity index (χ1) is 21.4. The van der Waals surface area contributed by atoms with Crippen LogP contribution in [0.15, 0.2) is 102 Å². The monoisotopic (exact) mass is 630 g/mol. The van der Waals surface area contributed by atoms with Gasteiger partial charge in [-0.1, -0.05) is 72.8 Å². The van der Waals surface area contributed by atoms with E-state index in [4.69, 9.17) is 4.74 Å². The van der Waals surface area contributed by atoms with Crippen molar-refractivity contribution in [3.05, 3.63) is 129 Å². The zero-order valence-electron chi connectivity index (χ0n) is 25.6. The van der Waals surface area contributed by atoms with Gasteiger partial charge in [0, 0.05) is 24.4 Å². The largest absolute Gasteiger partial charge is 0.466 e. The lowest BCUT2D eigenvalue weighted by Gasteiger charge is -2.37. The van der Waals surface area contributed by atoms with Gasteiger partial charge in [-0.3, -0.25) is 14.9 Å². The molecule has 2 aliphatic rings. The first kappa shape index (κ1) is 33.4. The van der Waals surface area contributed by atoms with E-state index in [2.05, 4.69) is 40.5 Å². The Balaban J connectivity index is 0.00000461. The lowest BCUT2D eigenvalue weighted by molar-refractivity contribution is -0.384. The first-order valence-electron chi connectivity index (χ1n) is 15.0. The molecular weight excluding hydrogens is 592 g/mol. The van der Waals surface area contributed by atoms with Crippen molar-refractivity contribution < 1.29 is 19.2 Å². The minimum atomic E-state index is -0.688. The number of hydrogen-bond donors (Lipinski definition) is 1. The van der Waals surface area contributed by atoms with Crippen LogP contribution >= 0.6 is 12.4 Å². The molecule has 1 amide bonds. The number of methoxy groups -OCH3 is 1. The number of piperidine rings is 1. The minimum Gasteiger partial charge on any atom is -0.466 e. The van der Waals surface area contributed by atoms with Crippen molar-refractivity contribution in [1.82, 2.24) is 15.1 Å². The fourth-order valence-electron chi connectivity index (χ4n) is 6.35. The fourth-order valence-corrected chi connectivity index (χ4v) is 6.35. The number of nitro benzene ring substituents is 1. The fraction of sp³-hybridized carbons (Fsp3) is 0.314. The maximum atomic E-state index is 13.2. The molecule has 5 rings (SSSR count). The zero-order valence-corrected chi connectivity index (χ0v) is 26.4. The van der Waals surface area contributed by atoms with E-state index in [1.165, 1.54) is 24.8 Å². The standard InChI is InChI=1S/C35H38N4O5.ClH/c1-25-31(35(41)44-2)32(28-14-16-30(17-15-28)39(42)43)34(33(36-25)29-12-7-4-8-13-29)38(24-40)21-9-20-37-22-18-27(19-23-37)26-10-5-3-6-11-26;/h3-8,10-17,24,27,32,36H,9,18-23H2,1-2H3;1H. The number of carbonyl (C=O) groups is 2. The molecule has 1 saturated heterocycles. The van der Waals surface area contributed by atoms with Crippen molar-refractivity contribution in [1.29, 1.82) is 0 Å². The molecule has 0 aromatic heterocycles. The molecule has 0 aliphatic carbocycles. The number of nitro groups is 1. The van der Waals surface area contributed by atoms with Crippen LogP contribution in [0.25, 0.3) is 5.70 Å². The van der Waals surface area contributed by atoms with Crippen molar-refractivity contribution in [2.75, 3.05) is 33.3 Å². The van der Waals surface area contributed by atoms with Gasteiger partial charge in [0.2, 0.25) is 6.41 Å². The van der Waals surface area contributed by atoms with Crippen LogP contribution < -0.4 is 5.32 Å².